The summed E-state index contributed by atoms with van der Waals surface area (Å²) < 4.78 is 1.86. The maximum absolute atomic E-state index is 13.0. The van der Waals surface area contributed by atoms with E-state index in [4.69, 9.17) is 11.6 Å². The summed E-state index contributed by atoms with van der Waals surface area (Å²) in [5.74, 6) is 1.49. The van der Waals surface area contributed by atoms with Crippen LogP contribution < -0.4 is 10.6 Å². The van der Waals surface area contributed by atoms with Crippen molar-refractivity contribution in [2.45, 2.75) is 85.7 Å². The molecular weight excluding hydrogens is 420 g/mol. The van der Waals surface area contributed by atoms with E-state index in [9.17, 15) is 4.79 Å². The number of aryl methyl sites for hydroxylation is 1. The summed E-state index contributed by atoms with van der Waals surface area (Å²) in [7, 11) is 0. The number of hydrogen-bond donors (Lipinski definition) is 2. The van der Waals surface area contributed by atoms with E-state index in [0.717, 1.165) is 22.9 Å². The topological polar surface area (TPSA) is 59.0 Å². The molecule has 0 saturated heterocycles. The number of nitrogens with zero attached hydrogens (tertiary/aromatic N) is 2. The summed E-state index contributed by atoms with van der Waals surface area (Å²) in [6.07, 6.45) is 4.85. The van der Waals surface area contributed by atoms with E-state index in [2.05, 4.69) is 68.6 Å². The summed E-state index contributed by atoms with van der Waals surface area (Å²) in [5.41, 5.74) is 4.47. The number of aromatic nitrogens is 2. The molecule has 1 aliphatic rings. The fourth-order valence-electron chi connectivity index (χ4n) is 4.60. The van der Waals surface area contributed by atoms with Crippen LogP contribution in [0.15, 0.2) is 18.2 Å². The average molecular weight is 459 g/mol. The highest BCUT2D eigenvalue weighted by molar-refractivity contribution is 6.36. The number of nitrogens with one attached hydrogen (secondary N) is 2. The first kappa shape index (κ1) is 24.6. The van der Waals surface area contributed by atoms with Crippen LogP contribution in [0.25, 0.3) is 11.3 Å². The highest BCUT2D eigenvalue weighted by atomic mass is 35.5. The molecule has 3 rings (SSSR count). The highest BCUT2D eigenvalue weighted by Gasteiger charge is 2.26. The minimum atomic E-state index is -0.175. The first-order valence-corrected chi connectivity index (χ1v) is 12.5. The van der Waals surface area contributed by atoms with Crippen LogP contribution in [0.1, 0.15) is 89.2 Å². The number of carbonyl (C=O) groups excluding carboxylic acids is 1. The van der Waals surface area contributed by atoms with Crippen molar-refractivity contribution in [1.82, 2.24) is 15.1 Å². The summed E-state index contributed by atoms with van der Waals surface area (Å²) in [4.78, 5) is 13.0. The van der Waals surface area contributed by atoms with Crippen LogP contribution in [0.4, 0.5) is 5.69 Å². The van der Waals surface area contributed by atoms with Crippen LogP contribution in [0.2, 0.25) is 5.02 Å². The number of anilines is 1. The molecule has 2 N–H and O–H groups in total. The molecule has 1 aliphatic carbocycles. The molecule has 1 fully saturated rings. The third kappa shape index (κ3) is 5.67. The second-order valence-corrected chi connectivity index (χ2v) is 10.3. The molecule has 32 heavy (non-hydrogen) atoms. The molecule has 1 saturated carbocycles. The van der Waals surface area contributed by atoms with Crippen molar-refractivity contribution < 1.29 is 4.79 Å². The molecular formula is C26H39ClN4O. The van der Waals surface area contributed by atoms with Crippen LogP contribution in [-0.4, -0.2) is 28.3 Å². The number of benzene rings is 1. The zero-order valence-electron chi connectivity index (χ0n) is 20.5. The molecule has 1 amide bonds. The van der Waals surface area contributed by atoms with Gasteiger partial charge in [0.15, 0.2) is 5.69 Å². The number of rotatable bonds is 8. The van der Waals surface area contributed by atoms with Crippen LogP contribution >= 0.6 is 11.6 Å². The molecule has 0 spiro atoms. The summed E-state index contributed by atoms with van der Waals surface area (Å²) in [5, 5.41) is 11.6. The first-order chi connectivity index (χ1) is 15.2. The quantitative estimate of drug-likeness (QED) is 0.461. The van der Waals surface area contributed by atoms with Gasteiger partial charge in [0.1, 0.15) is 0 Å². The van der Waals surface area contributed by atoms with E-state index < -0.39 is 0 Å². The summed E-state index contributed by atoms with van der Waals surface area (Å²) >= 11 is 6.82. The molecule has 0 unspecified atom stereocenters. The Kier molecular flexibility index (Phi) is 8.26. The minimum absolute atomic E-state index is 0.175. The molecule has 176 valence electrons. The zero-order valence-corrected chi connectivity index (χ0v) is 21.2. The molecule has 1 aromatic heterocycles. The molecule has 6 heteroatoms. The predicted molar refractivity (Wildman–Crippen MR) is 135 cm³/mol. The van der Waals surface area contributed by atoms with E-state index in [-0.39, 0.29) is 5.91 Å². The Morgan fingerprint density at radius 3 is 2.47 bits per heavy atom. The number of hydrogen-bond acceptors (Lipinski definition) is 3. The summed E-state index contributed by atoms with van der Waals surface area (Å²) in [6, 6.07) is 6.72. The van der Waals surface area contributed by atoms with E-state index in [0.29, 0.717) is 41.7 Å². The van der Waals surface area contributed by atoms with Gasteiger partial charge in [-0.05, 0) is 69.1 Å². The monoisotopic (exact) mass is 458 g/mol. The Morgan fingerprint density at radius 1 is 1.19 bits per heavy atom. The van der Waals surface area contributed by atoms with Gasteiger partial charge in [-0.1, -0.05) is 51.3 Å². The van der Waals surface area contributed by atoms with E-state index in [1.807, 2.05) is 11.6 Å². The second kappa shape index (κ2) is 10.7. The van der Waals surface area contributed by atoms with Gasteiger partial charge < -0.3 is 10.6 Å². The fourth-order valence-corrected chi connectivity index (χ4v) is 4.93. The average Bonchev–Trinajstić information content (AvgIpc) is 3.09. The van der Waals surface area contributed by atoms with Crippen molar-refractivity contribution >= 4 is 23.2 Å². The first-order valence-electron chi connectivity index (χ1n) is 12.2. The Balaban J connectivity index is 1.87. The Bertz CT molecular complexity index is 926. The lowest BCUT2D eigenvalue weighted by atomic mass is 9.83. The van der Waals surface area contributed by atoms with Crippen LogP contribution in [0, 0.1) is 11.8 Å². The van der Waals surface area contributed by atoms with Crippen molar-refractivity contribution in [2.24, 2.45) is 11.8 Å². The molecule has 0 radical (unpaired) electrons. The van der Waals surface area contributed by atoms with E-state index in [1.54, 1.807) is 0 Å². The van der Waals surface area contributed by atoms with Gasteiger partial charge in [-0.3, -0.25) is 9.48 Å². The number of amides is 1. The lowest BCUT2D eigenvalue weighted by molar-refractivity contribution is 0.0936. The molecule has 0 bridgehead atoms. The molecule has 1 aromatic carbocycles. The van der Waals surface area contributed by atoms with Crippen molar-refractivity contribution in [2.75, 3.05) is 11.9 Å². The lowest BCUT2D eigenvalue weighted by Crippen LogP contribution is -2.31. The van der Waals surface area contributed by atoms with Gasteiger partial charge >= 0.3 is 0 Å². The number of halogens is 1. The maximum atomic E-state index is 13.0. The molecule has 0 atom stereocenters. The summed E-state index contributed by atoms with van der Waals surface area (Å²) in [6.45, 7) is 14.3. The van der Waals surface area contributed by atoms with Gasteiger partial charge in [0.2, 0.25) is 0 Å². The van der Waals surface area contributed by atoms with Gasteiger partial charge in [0, 0.05) is 30.4 Å². The van der Waals surface area contributed by atoms with E-state index >= 15 is 0 Å². The third-order valence-electron chi connectivity index (χ3n) is 6.48. The van der Waals surface area contributed by atoms with Gasteiger partial charge in [-0.15, -0.1) is 0 Å². The maximum Gasteiger partial charge on any atom is 0.273 e. The van der Waals surface area contributed by atoms with Crippen LogP contribution in [-0.2, 0) is 6.54 Å². The minimum Gasteiger partial charge on any atom is -0.383 e. The standard InChI is InChI=1S/C26H39ClN4O/c1-7-31-25(21-13-12-20(29-17(4)5)14-22(21)16(2)3)23(27)24(30-31)26(32)28-15-19-10-8-18(6)9-11-19/h12-14,16-19,29H,7-11,15H2,1-6H3,(H,28,32). The SMILES string of the molecule is CCn1nc(C(=O)NCC2CCC(C)CC2)c(Cl)c1-c1ccc(NC(C)C)cc1C(C)C. The van der Waals surface area contributed by atoms with Crippen LogP contribution in [0.3, 0.4) is 0 Å². The normalized spacial score (nSPS) is 18.9. The van der Waals surface area contributed by atoms with Gasteiger partial charge in [0.25, 0.3) is 5.91 Å². The highest BCUT2D eigenvalue weighted by Crippen LogP contribution is 2.37. The molecule has 2 aromatic rings. The van der Waals surface area contributed by atoms with Crippen molar-refractivity contribution in [3.05, 3.63) is 34.5 Å². The van der Waals surface area contributed by atoms with Crippen molar-refractivity contribution in [1.29, 1.82) is 0 Å². The second-order valence-electron chi connectivity index (χ2n) is 9.92. The fraction of sp³-hybridized carbons (Fsp3) is 0.615. The zero-order chi connectivity index (χ0) is 23.4. The van der Waals surface area contributed by atoms with Crippen molar-refractivity contribution in [3.8, 4) is 11.3 Å². The Hall–Kier alpha value is -2.01. The molecule has 0 aliphatic heterocycles. The smallest absolute Gasteiger partial charge is 0.273 e. The van der Waals surface area contributed by atoms with Gasteiger partial charge in [0.05, 0.1) is 10.7 Å². The van der Waals surface area contributed by atoms with Gasteiger partial charge in [-0.25, -0.2) is 0 Å². The molecule has 5 nitrogen and oxygen atoms in total. The Morgan fingerprint density at radius 2 is 1.88 bits per heavy atom. The van der Waals surface area contributed by atoms with Gasteiger partial charge in [-0.2, -0.15) is 5.10 Å². The van der Waals surface area contributed by atoms with Crippen molar-refractivity contribution in [3.63, 3.8) is 0 Å². The lowest BCUT2D eigenvalue weighted by Gasteiger charge is -2.26. The molecule has 1 heterocycles. The third-order valence-corrected chi connectivity index (χ3v) is 6.84. The van der Waals surface area contributed by atoms with Crippen LogP contribution in [0.5, 0.6) is 0 Å². The predicted octanol–water partition coefficient (Wildman–Crippen LogP) is 6.72. The largest absolute Gasteiger partial charge is 0.383 e. The Labute approximate surface area is 198 Å². The number of carbonyl (C=O) groups is 1. The van der Waals surface area contributed by atoms with E-state index in [1.165, 1.54) is 31.2 Å².